The second-order valence-corrected chi connectivity index (χ2v) is 11.6. The Morgan fingerprint density at radius 2 is 1.89 bits per heavy atom. The van der Waals surface area contributed by atoms with Crippen molar-refractivity contribution in [2.24, 2.45) is 5.92 Å². The van der Waals surface area contributed by atoms with Gasteiger partial charge in [-0.3, -0.25) is 14.5 Å². The van der Waals surface area contributed by atoms with Crippen LogP contribution >= 0.6 is 23.2 Å². The van der Waals surface area contributed by atoms with Crippen molar-refractivity contribution in [1.29, 1.82) is 0 Å². The predicted molar refractivity (Wildman–Crippen MR) is 149 cm³/mol. The van der Waals surface area contributed by atoms with Crippen LogP contribution in [0, 0.1) is 12.8 Å². The number of aryl methyl sites for hydroxylation is 1. The lowest BCUT2D eigenvalue weighted by Gasteiger charge is -2.31. The second kappa shape index (κ2) is 10.6. The van der Waals surface area contributed by atoms with Crippen LogP contribution in [0.4, 0.5) is 0 Å². The number of ether oxygens (including phenoxy) is 1. The van der Waals surface area contributed by atoms with Gasteiger partial charge in [0.1, 0.15) is 17.4 Å². The van der Waals surface area contributed by atoms with Gasteiger partial charge in [-0.1, -0.05) is 37.0 Å². The van der Waals surface area contributed by atoms with Crippen LogP contribution in [0.3, 0.4) is 0 Å². The molecule has 4 heterocycles. The lowest BCUT2D eigenvalue weighted by Crippen LogP contribution is -2.34. The summed E-state index contributed by atoms with van der Waals surface area (Å²) in [6.45, 7) is 8.75. The van der Waals surface area contributed by atoms with Gasteiger partial charge in [-0.05, 0) is 80.1 Å². The summed E-state index contributed by atoms with van der Waals surface area (Å²) in [5.41, 5.74) is 2.48. The highest BCUT2D eigenvalue weighted by molar-refractivity contribution is 6.32. The van der Waals surface area contributed by atoms with Crippen molar-refractivity contribution in [2.45, 2.75) is 71.8 Å². The van der Waals surface area contributed by atoms with Gasteiger partial charge in [-0.15, -0.1) is 0 Å². The van der Waals surface area contributed by atoms with E-state index in [1.54, 1.807) is 23.8 Å². The van der Waals surface area contributed by atoms with Crippen LogP contribution in [0.5, 0.6) is 0 Å². The monoisotopic (exact) mass is 557 g/mol. The van der Waals surface area contributed by atoms with Gasteiger partial charge in [-0.25, -0.2) is 4.98 Å². The third-order valence-electron chi connectivity index (χ3n) is 8.19. The van der Waals surface area contributed by atoms with Crippen molar-refractivity contribution in [3.05, 3.63) is 72.7 Å². The number of hydrogen-bond acceptors (Lipinski definition) is 6. The highest BCUT2D eigenvalue weighted by atomic mass is 35.5. The number of fused-ring (bicyclic) bond motifs is 2. The molecule has 0 amide bonds. The molecule has 1 atom stereocenters. The molecule has 2 aromatic heterocycles. The van der Waals surface area contributed by atoms with E-state index in [9.17, 15) is 14.7 Å². The topological polar surface area (TPSA) is 84.7 Å². The fraction of sp³-hybridized carbons (Fsp3) is 0.483. The predicted octanol–water partition coefficient (Wildman–Crippen LogP) is 5.34. The minimum atomic E-state index is -1.43. The Bertz CT molecular complexity index is 1460. The van der Waals surface area contributed by atoms with Crippen molar-refractivity contribution in [3.63, 3.8) is 0 Å². The van der Waals surface area contributed by atoms with Gasteiger partial charge in [0.2, 0.25) is 0 Å². The van der Waals surface area contributed by atoms with Crippen LogP contribution in [0.1, 0.15) is 67.3 Å². The van der Waals surface area contributed by atoms with Gasteiger partial charge in [-0.2, -0.15) is 0 Å². The average molecular weight is 559 g/mol. The molecule has 1 aromatic carbocycles. The molecular formula is C29H33Cl2N3O4. The number of esters is 1. The fourth-order valence-corrected chi connectivity index (χ4v) is 6.02. The number of piperidine rings is 1. The van der Waals surface area contributed by atoms with Gasteiger partial charge in [0.05, 0.1) is 24.0 Å². The number of aliphatic hydroxyl groups is 1. The highest BCUT2D eigenvalue weighted by Gasteiger charge is 2.37. The molecule has 202 valence electrons. The SMILES string of the molecule is CC[C@@]1(O)CC(=O)OCc2c1ccn(Cc1c(Cl)nc3cc(Cl)c(C)cc3c1CN1CCC(C)CC1)c2=O. The minimum Gasteiger partial charge on any atom is -0.460 e. The number of halogens is 2. The van der Waals surface area contributed by atoms with Gasteiger partial charge >= 0.3 is 5.97 Å². The van der Waals surface area contributed by atoms with Crippen LogP contribution < -0.4 is 5.56 Å². The Kier molecular flexibility index (Phi) is 7.57. The molecule has 9 heteroatoms. The van der Waals surface area contributed by atoms with E-state index >= 15 is 0 Å². The van der Waals surface area contributed by atoms with Crippen molar-refractivity contribution in [3.8, 4) is 0 Å². The largest absolute Gasteiger partial charge is 0.460 e. The van der Waals surface area contributed by atoms with E-state index in [2.05, 4.69) is 16.8 Å². The summed E-state index contributed by atoms with van der Waals surface area (Å²) in [7, 11) is 0. The van der Waals surface area contributed by atoms with E-state index in [1.807, 2.05) is 19.1 Å². The molecule has 5 rings (SSSR count). The first-order valence-corrected chi connectivity index (χ1v) is 14.0. The minimum absolute atomic E-state index is 0.170. The number of aromatic nitrogens is 2. The molecule has 0 saturated carbocycles. The summed E-state index contributed by atoms with van der Waals surface area (Å²) in [5.74, 6) is 0.184. The molecule has 2 aliphatic heterocycles. The van der Waals surface area contributed by atoms with Gasteiger partial charge in [0, 0.05) is 28.7 Å². The average Bonchev–Trinajstić information content (AvgIpc) is 3.01. The van der Waals surface area contributed by atoms with E-state index in [4.69, 9.17) is 27.9 Å². The Balaban J connectivity index is 1.61. The van der Waals surface area contributed by atoms with Crippen molar-refractivity contribution in [2.75, 3.05) is 13.1 Å². The molecule has 0 bridgehead atoms. The first-order valence-electron chi connectivity index (χ1n) is 13.2. The first-order chi connectivity index (χ1) is 18.1. The summed E-state index contributed by atoms with van der Waals surface area (Å²) < 4.78 is 6.84. The molecule has 1 saturated heterocycles. The zero-order valence-electron chi connectivity index (χ0n) is 22.0. The molecule has 0 spiro atoms. The Morgan fingerprint density at radius 1 is 1.16 bits per heavy atom. The number of likely N-dealkylation sites (tertiary alicyclic amines) is 1. The van der Waals surface area contributed by atoms with Gasteiger partial charge < -0.3 is 14.4 Å². The van der Waals surface area contributed by atoms with E-state index in [0.29, 0.717) is 40.2 Å². The molecule has 0 unspecified atom stereocenters. The Labute approximate surface area is 232 Å². The zero-order chi connectivity index (χ0) is 27.2. The van der Waals surface area contributed by atoms with Crippen LogP contribution in [0.25, 0.3) is 10.9 Å². The normalized spacial score (nSPS) is 20.8. The molecule has 0 radical (unpaired) electrons. The second-order valence-electron chi connectivity index (χ2n) is 10.8. The summed E-state index contributed by atoms with van der Waals surface area (Å²) in [6.07, 6.45) is 4.05. The van der Waals surface area contributed by atoms with Crippen LogP contribution in [0.15, 0.2) is 29.2 Å². The Hall–Kier alpha value is -2.45. The fourth-order valence-electron chi connectivity index (χ4n) is 5.60. The maximum Gasteiger partial charge on any atom is 0.309 e. The standard InChI is InChI=1S/C29H33Cl2N3O4/c1-4-29(37)13-26(35)38-16-22-23(29)7-10-34(28(22)36)15-21-20(14-33-8-5-17(2)6-9-33)19-11-18(3)24(30)12-25(19)32-27(21)31/h7,10-12,17,37H,4-6,8-9,13-16H2,1-3H3/t29-/m1/s1. The highest BCUT2D eigenvalue weighted by Crippen LogP contribution is 2.35. The third-order valence-corrected chi connectivity index (χ3v) is 8.91. The van der Waals surface area contributed by atoms with Crippen LogP contribution in [-0.2, 0) is 34.8 Å². The molecule has 1 fully saturated rings. The number of carbonyl (C=O) groups is 1. The van der Waals surface area contributed by atoms with E-state index in [-0.39, 0.29) is 25.1 Å². The molecular weight excluding hydrogens is 525 g/mol. The number of carbonyl (C=O) groups excluding carboxylic acids is 1. The van der Waals surface area contributed by atoms with Crippen molar-refractivity contribution >= 4 is 40.1 Å². The Morgan fingerprint density at radius 3 is 2.61 bits per heavy atom. The quantitative estimate of drug-likeness (QED) is 0.337. The summed E-state index contributed by atoms with van der Waals surface area (Å²) in [5, 5.41) is 13.1. The van der Waals surface area contributed by atoms with Crippen LogP contribution in [-0.4, -0.2) is 38.6 Å². The summed E-state index contributed by atoms with van der Waals surface area (Å²) >= 11 is 13.2. The maximum atomic E-state index is 13.7. The van der Waals surface area contributed by atoms with Gasteiger partial charge in [0.15, 0.2) is 0 Å². The molecule has 3 aromatic rings. The molecule has 7 nitrogen and oxygen atoms in total. The summed E-state index contributed by atoms with van der Waals surface area (Å²) in [6, 6.07) is 5.62. The lowest BCUT2D eigenvalue weighted by atomic mass is 9.86. The number of cyclic esters (lactones) is 1. The third kappa shape index (κ3) is 5.09. The molecule has 38 heavy (non-hydrogen) atoms. The number of pyridine rings is 2. The van der Waals surface area contributed by atoms with Gasteiger partial charge in [0.25, 0.3) is 5.56 Å². The molecule has 1 N–H and O–H groups in total. The van der Waals surface area contributed by atoms with Crippen molar-refractivity contribution < 1.29 is 14.6 Å². The van der Waals surface area contributed by atoms with E-state index < -0.39 is 11.6 Å². The number of rotatable bonds is 5. The molecule has 0 aliphatic carbocycles. The van der Waals surface area contributed by atoms with E-state index in [1.165, 1.54) is 0 Å². The zero-order valence-corrected chi connectivity index (χ0v) is 23.5. The summed E-state index contributed by atoms with van der Waals surface area (Å²) in [4.78, 5) is 32.9. The van der Waals surface area contributed by atoms with Crippen molar-refractivity contribution in [1.82, 2.24) is 14.5 Å². The maximum absolute atomic E-state index is 13.7. The lowest BCUT2D eigenvalue weighted by molar-refractivity contribution is -0.149. The van der Waals surface area contributed by atoms with Crippen LogP contribution in [0.2, 0.25) is 10.2 Å². The number of benzene rings is 1. The smallest absolute Gasteiger partial charge is 0.309 e. The van der Waals surface area contributed by atoms with E-state index in [0.717, 1.165) is 53.5 Å². The number of nitrogens with zero attached hydrogens (tertiary/aromatic N) is 3. The molecule has 2 aliphatic rings. The first kappa shape index (κ1) is 27.1. The number of hydrogen-bond donors (Lipinski definition) is 1.